The summed E-state index contributed by atoms with van der Waals surface area (Å²) in [4.78, 5) is 12.7. The highest BCUT2D eigenvalue weighted by molar-refractivity contribution is 6.33. The molecule has 0 spiro atoms. The van der Waals surface area contributed by atoms with Gasteiger partial charge >= 0.3 is 5.69 Å². The fourth-order valence-corrected chi connectivity index (χ4v) is 3.19. The molecule has 0 amide bonds. The highest BCUT2D eigenvalue weighted by Gasteiger charge is 2.32. The predicted molar refractivity (Wildman–Crippen MR) is 76.7 cm³/mol. The Kier molecular flexibility index (Phi) is 4.27. The molecule has 6 heteroatoms. The van der Waals surface area contributed by atoms with Crippen molar-refractivity contribution in [3.63, 3.8) is 0 Å². The van der Waals surface area contributed by atoms with Crippen LogP contribution in [-0.4, -0.2) is 24.6 Å². The van der Waals surface area contributed by atoms with Gasteiger partial charge in [-0.3, -0.25) is 10.1 Å². The Bertz CT molecular complexity index is 481. The van der Waals surface area contributed by atoms with Crippen molar-refractivity contribution in [2.24, 2.45) is 11.7 Å². The molecule has 2 rings (SSSR count). The second-order valence-electron chi connectivity index (χ2n) is 4.97. The van der Waals surface area contributed by atoms with Crippen LogP contribution in [0.1, 0.15) is 19.3 Å². The zero-order valence-electron chi connectivity index (χ0n) is 10.9. The summed E-state index contributed by atoms with van der Waals surface area (Å²) in [7, 11) is 1.89. The smallest absolute Gasteiger partial charge is 0.310 e. The van der Waals surface area contributed by atoms with E-state index in [1.165, 1.54) is 0 Å². The Morgan fingerprint density at radius 2 is 2.26 bits per heavy atom. The van der Waals surface area contributed by atoms with Gasteiger partial charge in [0.1, 0.15) is 10.7 Å². The number of para-hydroxylation sites is 1. The molecule has 0 saturated heterocycles. The first-order valence-corrected chi connectivity index (χ1v) is 6.80. The van der Waals surface area contributed by atoms with E-state index in [2.05, 4.69) is 0 Å². The molecule has 1 aliphatic carbocycles. The highest BCUT2D eigenvalue weighted by Crippen LogP contribution is 2.39. The van der Waals surface area contributed by atoms with Gasteiger partial charge in [-0.15, -0.1) is 0 Å². The molecular weight excluding hydrogens is 266 g/mol. The summed E-state index contributed by atoms with van der Waals surface area (Å²) in [6.45, 7) is 0.614. The quantitative estimate of drug-likeness (QED) is 0.681. The van der Waals surface area contributed by atoms with Crippen LogP contribution in [0.5, 0.6) is 0 Å². The zero-order valence-corrected chi connectivity index (χ0v) is 11.6. The largest absolute Gasteiger partial charge is 0.366 e. The van der Waals surface area contributed by atoms with Crippen LogP contribution in [0, 0.1) is 16.0 Å². The van der Waals surface area contributed by atoms with E-state index in [1.807, 2.05) is 11.9 Å². The van der Waals surface area contributed by atoms with E-state index in [4.69, 9.17) is 17.3 Å². The molecule has 5 nitrogen and oxygen atoms in total. The van der Waals surface area contributed by atoms with E-state index in [0.717, 1.165) is 19.3 Å². The second kappa shape index (κ2) is 5.75. The minimum atomic E-state index is -0.416. The standard InChI is InChI=1S/C13H18ClN3O2/c1-16(11-6-2-4-9(11)8-15)12-7-3-5-10(14)13(12)17(18)19/h3,5,7,9,11H,2,4,6,8,15H2,1H3. The predicted octanol–water partition coefficient (Wildman–Crippen LogP) is 2.81. The summed E-state index contributed by atoms with van der Waals surface area (Å²) in [6.07, 6.45) is 3.22. The van der Waals surface area contributed by atoms with Crippen molar-refractivity contribution in [3.05, 3.63) is 33.3 Å². The molecule has 2 unspecified atom stereocenters. The van der Waals surface area contributed by atoms with Gasteiger partial charge in [-0.25, -0.2) is 0 Å². The zero-order chi connectivity index (χ0) is 14.0. The molecule has 1 aliphatic rings. The summed E-state index contributed by atoms with van der Waals surface area (Å²) < 4.78 is 0. The van der Waals surface area contributed by atoms with E-state index in [9.17, 15) is 10.1 Å². The molecule has 0 heterocycles. The van der Waals surface area contributed by atoms with Crippen molar-refractivity contribution in [1.82, 2.24) is 0 Å². The Morgan fingerprint density at radius 3 is 2.89 bits per heavy atom. The summed E-state index contributed by atoms with van der Waals surface area (Å²) in [5, 5.41) is 11.4. The maximum Gasteiger partial charge on any atom is 0.310 e. The van der Waals surface area contributed by atoms with Gasteiger partial charge in [0.2, 0.25) is 0 Å². The van der Waals surface area contributed by atoms with Crippen molar-refractivity contribution < 1.29 is 4.92 Å². The van der Waals surface area contributed by atoms with Crippen LogP contribution in [0.3, 0.4) is 0 Å². The van der Waals surface area contributed by atoms with Crippen molar-refractivity contribution in [1.29, 1.82) is 0 Å². The normalized spacial score (nSPS) is 22.5. The number of nitrogens with two attached hydrogens (primary N) is 1. The fraction of sp³-hybridized carbons (Fsp3) is 0.538. The lowest BCUT2D eigenvalue weighted by Gasteiger charge is -2.30. The van der Waals surface area contributed by atoms with Crippen molar-refractivity contribution in [3.8, 4) is 0 Å². The molecule has 0 aromatic heterocycles. The minimum absolute atomic E-state index is 0.0191. The van der Waals surface area contributed by atoms with Gasteiger partial charge in [-0.2, -0.15) is 0 Å². The van der Waals surface area contributed by atoms with E-state index < -0.39 is 4.92 Å². The van der Waals surface area contributed by atoms with Gasteiger partial charge in [0.25, 0.3) is 0 Å². The molecule has 19 heavy (non-hydrogen) atoms. The number of halogens is 1. The first-order valence-electron chi connectivity index (χ1n) is 6.42. The summed E-state index contributed by atoms with van der Waals surface area (Å²) in [5.41, 5.74) is 6.33. The lowest BCUT2D eigenvalue weighted by atomic mass is 10.0. The number of nitro groups is 1. The van der Waals surface area contributed by atoms with Crippen molar-refractivity contribution >= 4 is 23.0 Å². The number of benzene rings is 1. The van der Waals surface area contributed by atoms with Gasteiger partial charge in [-0.05, 0) is 37.4 Å². The third-order valence-electron chi connectivity index (χ3n) is 3.95. The summed E-state index contributed by atoms with van der Waals surface area (Å²) in [6, 6.07) is 5.29. The Balaban J connectivity index is 2.36. The molecule has 1 aromatic rings. The topological polar surface area (TPSA) is 72.4 Å². The molecule has 1 fully saturated rings. The SMILES string of the molecule is CN(c1cccc(Cl)c1[N+](=O)[O-])C1CCCC1CN. The van der Waals surface area contributed by atoms with Gasteiger partial charge in [0, 0.05) is 13.1 Å². The van der Waals surface area contributed by atoms with Crippen LogP contribution in [0.4, 0.5) is 11.4 Å². The second-order valence-corrected chi connectivity index (χ2v) is 5.38. The van der Waals surface area contributed by atoms with Gasteiger partial charge in [-0.1, -0.05) is 24.1 Å². The number of hydrogen-bond donors (Lipinski definition) is 1. The molecule has 0 radical (unpaired) electrons. The van der Waals surface area contributed by atoms with Crippen molar-refractivity contribution in [2.45, 2.75) is 25.3 Å². The fourth-order valence-electron chi connectivity index (χ4n) is 2.95. The number of hydrogen-bond acceptors (Lipinski definition) is 4. The maximum absolute atomic E-state index is 11.2. The van der Waals surface area contributed by atoms with Crippen LogP contribution in [0.25, 0.3) is 0 Å². The average molecular weight is 284 g/mol. The molecule has 1 aromatic carbocycles. The highest BCUT2D eigenvalue weighted by atomic mass is 35.5. The molecule has 0 bridgehead atoms. The Hall–Kier alpha value is -1.33. The number of nitrogens with zero attached hydrogens (tertiary/aromatic N) is 2. The van der Waals surface area contributed by atoms with Crippen LogP contribution >= 0.6 is 11.6 Å². The number of nitro benzene ring substituents is 1. The molecule has 104 valence electrons. The molecular formula is C13H18ClN3O2. The third-order valence-corrected chi connectivity index (χ3v) is 4.25. The van der Waals surface area contributed by atoms with E-state index in [-0.39, 0.29) is 16.8 Å². The summed E-state index contributed by atoms with van der Waals surface area (Å²) >= 11 is 5.95. The third kappa shape index (κ3) is 2.67. The first kappa shape index (κ1) is 14.1. The van der Waals surface area contributed by atoms with Crippen molar-refractivity contribution in [2.75, 3.05) is 18.5 Å². The lowest BCUT2D eigenvalue weighted by molar-refractivity contribution is -0.384. The monoisotopic (exact) mass is 283 g/mol. The maximum atomic E-state index is 11.2. The summed E-state index contributed by atoms with van der Waals surface area (Å²) in [5.74, 6) is 0.392. The van der Waals surface area contributed by atoms with Crippen LogP contribution in [0.2, 0.25) is 5.02 Å². The molecule has 0 aliphatic heterocycles. The van der Waals surface area contributed by atoms with E-state index in [0.29, 0.717) is 18.2 Å². The first-order chi connectivity index (χ1) is 9.06. The molecule has 1 saturated carbocycles. The van der Waals surface area contributed by atoms with E-state index >= 15 is 0 Å². The van der Waals surface area contributed by atoms with Crippen LogP contribution in [-0.2, 0) is 0 Å². The average Bonchev–Trinajstić information content (AvgIpc) is 2.85. The molecule has 2 atom stereocenters. The lowest BCUT2D eigenvalue weighted by Crippen LogP contribution is -2.38. The number of anilines is 1. The van der Waals surface area contributed by atoms with Gasteiger partial charge < -0.3 is 10.6 Å². The van der Waals surface area contributed by atoms with E-state index in [1.54, 1.807) is 18.2 Å². The van der Waals surface area contributed by atoms with Gasteiger partial charge in [0.15, 0.2) is 0 Å². The van der Waals surface area contributed by atoms with Gasteiger partial charge in [0.05, 0.1) is 4.92 Å². The molecule has 2 N–H and O–H groups in total. The number of rotatable bonds is 4. The Morgan fingerprint density at radius 1 is 1.53 bits per heavy atom. The van der Waals surface area contributed by atoms with Crippen LogP contribution in [0.15, 0.2) is 18.2 Å². The Labute approximate surface area is 117 Å². The van der Waals surface area contributed by atoms with Crippen LogP contribution < -0.4 is 10.6 Å². The minimum Gasteiger partial charge on any atom is -0.366 e.